The number of rotatable bonds is 12. The predicted octanol–water partition coefficient (Wildman–Crippen LogP) is 0.105. The Hall–Kier alpha value is -2.51. The second-order valence-corrected chi connectivity index (χ2v) is 9.52. The summed E-state index contributed by atoms with van der Waals surface area (Å²) >= 11 is 0. The quantitative estimate of drug-likeness (QED) is 0.129. The second kappa shape index (κ2) is 18.0. The lowest BCUT2D eigenvalue weighted by Gasteiger charge is -2.48. The van der Waals surface area contributed by atoms with E-state index in [4.69, 9.17) is 39.8 Å². The molecule has 0 aromatic heterocycles. The highest BCUT2D eigenvalue weighted by atomic mass is 31.2. The number of aliphatic hydroxyl groups excluding tert-OH is 7. The maximum absolute atomic E-state index is 10.3. The Morgan fingerprint density at radius 2 is 0.775 bits per heavy atom. The van der Waals surface area contributed by atoms with Gasteiger partial charge in [-0.2, -0.15) is 0 Å². The fourth-order valence-corrected chi connectivity index (χ4v) is 3.80. The summed E-state index contributed by atoms with van der Waals surface area (Å²) in [6.07, 6.45) is 0. The lowest BCUT2D eigenvalue weighted by molar-refractivity contribution is -0.121. The van der Waals surface area contributed by atoms with Crippen LogP contribution in [0.1, 0.15) is 11.1 Å². The molecule has 0 unspecified atom stereocenters. The van der Waals surface area contributed by atoms with E-state index in [9.17, 15) is 15.3 Å². The van der Waals surface area contributed by atoms with Crippen LogP contribution in [0, 0.1) is 10.8 Å². The lowest BCUT2D eigenvalue weighted by Crippen LogP contribution is -2.57. The summed E-state index contributed by atoms with van der Waals surface area (Å²) in [6.45, 7) is -3.01. The van der Waals surface area contributed by atoms with E-state index in [1.54, 1.807) is 0 Å². The van der Waals surface area contributed by atoms with Crippen LogP contribution in [0.5, 0.6) is 5.75 Å². The van der Waals surface area contributed by atoms with Crippen molar-refractivity contribution in [2.45, 2.75) is 5.60 Å². The summed E-state index contributed by atoms with van der Waals surface area (Å²) in [7, 11) is -2.62. The first-order valence-electron chi connectivity index (χ1n) is 12.2. The number of benzene rings is 3. The molecule has 10 N–H and O–H groups in total. The number of ether oxygens (including phenoxy) is 1. The highest BCUT2D eigenvalue weighted by Crippen LogP contribution is 2.48. The summed E-state index contributed by atoms with van der Waals surface area (Å²) in [5, 5.41) is 64.9. The minimum atomic E-state index is -2.62. The second-order valence-electron chi connectivity index (χ2n) is 8.98. The highest BCUT2D eigenvalue weighted by molar-refractivity contribution is 7.38. The molecule has 3 rings (SSSR count). The smallest absolute Gasteiger partial charge is 0.324 e. The monoisotopic (exact) mass is 582 g/mol. The van der Waals surface area contributed by atoms with Gasteiger partial charge in [-0.15, -0.1) is 0 Å². The van der Waals surface area contributed by atoms with Crippen molar-refractivity contribution in [1.82, 2.24) is 0 Å². The van der Waals surface area contributed by atoms with Crippen LogP contribution in [0.25, 0.3) is 0 Å². The SMILES string of the molecule is OCC(CO)(CO)C(Oc1ccccc1)(c1ccccc1)c1ccccc1.OCC(CO)(CO)CO.OP(O)O. The van der Waals surface area contributed by atoms with Gasteiger partial charge in [0.25, 0.3) is 0 Å². The van der Waals surface area contributed by atoms with Crippen LogP contribution in [0.4, 0.5) is 0 Å². The fraction of sp³-hybridized carbons (Fsp3) is 0.357. The molecule has 222 valence electrons. The van der Waals surface area contributed by atoms with Crippen LogP contribution in [-0.2, 0) is 5.60 Å². The molecule has 0 spiro atoms. The van der Waals surface area contributed by atoms with Crippen LogP contribution in [0.3, 0.4) is 0 Å². The van der Waals surface area contributed by atoms with E-state index in [0.29, 0.717) is 5.75 Å². The first kappa shape index (κ1) is 35.5. The first-order valence-corrected chi connectivity index (χ1v) is 13.4. The van der Waals surface area contributed by atoms with Crippen molar-refractivity contribution in [1.29, 1.82) is 0 Å². The summed E-state index contributed by atoms with van der Waals surface area (Å²) in [5.41, 5.74) is -2.30. The first-order chi connectivity index (χ1) is 19.2. The minimum Gasteiger partial charge on any atom is -0.477 e. The summed E-state index contributed by atoms with van der Waals surface area (Å²) in [4.78, 5) is 21.7. The van der Waals surface area contributed by atoms with Gasteiger partial charge in [0, 0.05) is 11.1 Å². The van der Waals surface area contributed by atoms with Gasteiger partial charge in [0.05, 0.1) is 57.1 Å². The van der Waals surface area contributed by atoms with Gasteiger partial charge in [0.1, 0.15) is 5.75 Å². The van der Waals surface area contributed by atoms with Crippen LogP contribution in [0.2, 0.25) is 0 Å². The molecule has 0 heterocycles. The summed E-state index contributed by atoms with van der Waals surface area (Å²) in [5.74, 6) is 0.574. The van der Waals surface area contributed by atoms with E-state index >= 15 is 0 Å². The molecule has 12 heteroatoms. The Bertz CT molecular complexity index is 964. The van der Waals surface area contributed by atoms with Crippen molar-refractivity contribution in [2.24, 2.45) is 10.8 Å². The molecule has 0 aliphatic heterocycles. The zero-order chi connectivity index (χ0) is 30.1. The maximum atomic E-state index is 10.3. The Labute approximate surface area is 234 Å². The van der Waals surface area contributed by atoms with Crippen molar-refractivity contribution < 1.29 is 55.2 Å². The van der Waals surface area contributed by atoms with Gasteiger partial charge in [-0.1, -0.05) is 78.9 Å². The molecule has 0 amide bonds. The molecule has 40 heavy (non-hydrogen) atoms. The van der Waals surface area contributed by atoms with E-state index in [1.165, 1.54) is 0 Å². The van der Waals surface area contributed by atoms with Crippen LogP contribution < -0.4 is 4.74 Å². The average Bonchev–Trinajstić information content (AvgIpc) is 3.00. The standard InChI is InChI=1S/C23H24O4.C5H12O4.H3O3P/c24-16-22(17-25,18-26)23(19-10-4-1-5-11-19,20-12-6-2-7-13-20)27-21-14-8-3-9-15-21;6-1-5(2-7,3-8)4-9;1-4(2)3/h1-15,24-26H,16-18H2;6-9H,1-4H2;1-3H. The van der Waals surface area contributed by atoms with E-state index in [0.717, 1.165) is 11.1 Å². The molecule has 0 saturated carbocycles. The molecule has 0 radical (unpaired) electrons. The number of aliphatic hydroxyl groups is 7. The number of hydrogen-bond acceptors (Lipinski definition) is 11. The van der Waals surface area contributed by atoms with Crippen molar-refractivity contribution in [2.75, 3.05) is 46.2 Å². The molecular weight excluding hydrogens is 543 g/mol. The summed E-state index contributed by atoms with van der Waals surface area (Å²) < 4.78 is 6.53. The molecule has 0 aliphatic carbocycles. The van der Waals surface area contributed by atoms with Gasteiger partial charge in [-0.25, -0.2) is 0 Å². The number of para-hydroxylation sites is 1. The molecule has 0 atom stereocenters. The van der Waals surface area contributed by atoms with Crippen molar-refractivity contribution in [3.8, 4) is 5.75 Å². The van der Waals surface area contributed by atoms with Gasteiger partial charge in [-0.05, 0) is 12.1 Å². The van der Waals surface area contributed by atoms with E-state index in [-0.39, 0.29) is 0 Å². The molecule has 0 fully saturated rings. The van der Waals surface area contributed by atoms with Crippen molar-refractivity contribution in [3.63, 3.8) is 0 Å². The maximum Gasteiger partial charge on any atom is 0.324 e. The highest BCUT2D eigenvalue weighted by Gasteiger charge is 2.55. The molecule has 0 saturated heterocycles. The van der Waals surface area contributed by atoms with Gasteiger partial charge in [0.15, 0.2) is 5.60 Å². The van der Waals surface area contributed by atoms with Gasteiger partial charge in [-0.3, -0.25) is 0 Å². The topological polar surface area (TPSA) is 212 Å². The predicted molar refractivity (Wildman–Crippen MR) is 149 cm³/mol. The fourth-order valence-electron chi connectivity index (χ4n) is 3.80. The largest absolute Gasteiger partial charge is 0.477 e. The van der Waals surface area contributed by atoms with Crippen LogP contribution >= 0.6 is 8.60 Å². The molecular formula is C28H39O11P. The molecule has 11 nitrogen and oxygen atoms in total. The van der Waals surface area contributed by atoms with Gasteiger partial charge in [0.2, 0.25) is 0 Å². The van der Waals surface area contributed by atoms with E-state index < -0.39 is 71.3 Å². The zero-order valence-corrected chi connectivity index (χ0v) is 22.8. The Kier molecular flexibility index (Phi) is 16.0. The van der Waals surface area contributed by atoms with Crippen molar-refractivity contribution in [3.05, 3.63) is 102 Å². The van der Waals surface area contributed by atoms with Crippen molar-refractivity contribution >= 4 is 8.60 Å². The Balaban J connectivity index is 0.000000514. The molecule has 0 aliphatic rings. The third kappa shape index (κ3) is 9.00. The zero-order valence-electron chi connectivity index (χ0n) is 21.9. The Morgan fingerprint density at radius 1 is 0.475 bits per heavy atom. The van der Waals surface area contributed by atoms with Crippen LogP contribution in [-0.4, -0.2) is 96.7 Å². The lowest BCUT2D eigenvalue weighted by atomic mass is 9.65. The number of hydrogen-bond donors (Lipinski definition) is 10. The third-order valence-corrected chi connectivity index (χ3v) is 6.37. The molecule has 3 aromatic rings. The minimum absolute atomic E-state index is 0.406. The van der Waals surface area contributed by atoms with E-state index in [1.807, 2.05) is 91.0 Å². The molecule has 3 aromatic carbocycles. The van der Waals surface area contributed by atoms with Gasteiger partial charge >= 0.3 is 8.60 Å². The molecule has 0 bridgehead atoms. The average molecular weight is 583 g/mol. The van der Waals surface area contributed by atoms with E-state index in [2.05, 4.69) is 0 Å². The van der Waals surface area contributed by atoms with Gasteiger partial charge < -0.3 is 55.2 Å². The summed E-state index contributed by atoms with van der Waals surface area (Å²) in [6, 6.07) is 28.0. The Morgan fingerprint density at radius 3 is 1.02 bits per heavy atom. The third-order valence-electron chi connectivity index (χ3n) is 6.37. The normalized spacial score (nSPS) is 11.7. The van der Waals surface area contributed by atoms with Crippen LogP contribution in [0.15, 0.2) is 91.0 Å².